The molecule has 2 rings (SSSR count). The molecule has 1 saturated heterocycles. The lowest BCUT2D eigenvalue weighted by molar-refractivity contribution is 0.0503. The van der Waals surface area contributed by atoms with Gasteiger partial charge in [0.1, 0.15) is 11.4 Å². The van der Waals surface area contributed by atoms with Crippen molar-refractivity contribution in [2.75, 3.05) is 33.2 Å². The summed E-state index contributed by atoms with van der Waals surface area (Å²) in [4.78, 5) is 13.9. The van der Waals surface area contributed by atoms with Gasteiger partial charge in [0.25, 0.3) is 0 Å². The van der Waals surface area contributed by atoms with E-state index in [-0.39, 0.29) is 12.3 Å². The van der Waals surface area contributed by atoms with Gasteiger partial charge in [0, 0.05) is 26.2 Å². The molecule has 152 valence electrons. The molecule has 1 aliphatic heterocycles. The number of ether oxygens (including phenoxy) is 1. The van der Waals surface area contributed by atoms with Gasteiger partial charge in [-0.15, -0.1) is 0 Å². The molecular weight excluding hydrogens is 373 g/mol. The summed E-state index contributed by atoms with van der Waals surface area (Å²) in [5.74, 6) is -0.749. The van der Waals surface area contributed by atoms with Crippen LogP contribution in [0.15, 0.2) is 24.3 Å². The fourth-order valence-electron chi connectivity index (χ4n) is 2.96. The molecule has 7 nitrogen and oxygen atoms in total. The topological polar surface area (TPSA) is 79.0 Å². The van der Waals surface area contributed by atoms with Gasteiger partial charge < -0.3 is 15.0 Å². The van der Waals surface area contributed by atoms with Gasteiger partial charge in [-0.05, 0) is 45.5 Å². The Morgan fingerprint density at radius 2 is 2.04 bits per heavy atom. The summed E-state index contributed by atoms with van der Waals surface area (Å²) >= 11 is 0. The molecule has 27 heavy (non-hydrogen) atoms. The number of carbonyl (C=O) groups excluding carboxylic acids is 1. The highest BCUT2D eigenvalue weighted by atomic mass is 32.2. The molecular formula is C18H28FN3O4S. The average Bonchev–Trinajstić information content (AvgIpc) is 2.50. The second-order valence-corrected chi connectivity index (χ2v) is 9.72. The average molecular weight is 402 g/mol. The fourth-order valence-corrected chi connectivity index (χ4v) is 4.68. The minimum absolute atomic E-state index is 0.141. The van der Waals surface area contributed by atoms with E-state index in [1.807, 2.05) is 11.9 Å². The van der Waals surface area contributed by atoms with Gasteiger partial charge in [-0.1, -0.05) is 12.1 Å². The lowest BCUT2D eigenvalue weighted by Gasteiger charge is -2.39. The first-order valence-corrected chi connectivity index (χ1v) is 10.5. The molecule has 0 aromatic heterocycles. The van der Waals surface area contributed by atoms with E-state index >= 15 is 0 Å². The Hall–Kier alpha value is -1.71. The number of benzene rings is 1. The van der Waals surface area contributed by atoms with Crippen LogP contribution in [0.1, 0.15) is 26.3 Å². The molecule has 0 unspecified atom stereocenters. The second-order valence-electron chi connectivity index (χ2n) is 7.80. The fraction of sp³-hybridized carbons (Fsp3) is 0.611. The minimum atomic E-state index is -3.66. The van der Waals surface area contributed by atoms with Crippen molar-refractivity contribution >= 4 is 16.1 Å². The molecule has 1 fully saturated rings. The number of carbonyl (C=O) groups is 1. The second kappa shape index (κ2) is 8.53. The molecule has 0 spiro atoms. The van der Waals surface area contributed by atoms with Crippen LogP contribution in [0.25, 0.3) is 0 Å². The van der Waals surface area contributed by atoms with Crippen molar-refractivity contribution in [2.45, 2.75) is 38.2 Å². The van der Waals surface area contributed by atoms with E-state index in [9.17, 15) is 17.6 Å². The molecule has 0 aliphatic carbocycles. The van der Waals surface area contributed by atoms with Crippen LogP contribution in [-0.2, 0) is 20.5 Å². The molecule has 0 radical (unpaired) electrons. The van der Waals surface area contributed by atoms with Crippen LogP contribution < -0.4 is 5.32 Å². The molecule has 0 saturated carbocycles. The van der Waals surface area contributed by atoms with E-state index < -0.39 is 33.6 Å². The molecule has 1 heterocycles. The van der Waals surface area contributed by atoms with E-state index in [0.29, 0.717) is 25.2 Å². The number of likely N-dealkylation sites (N-methyl/N-ethyl adjacent to an activating group) is 1. The van der Waals surface area contributed by atoms with Crippen molar-refractivity contribution in [1.82, 2.24) is 14.5 Å². The van der Waals surface area contributed by atoms with Gasteiger partial charge in [0.2, 0.25) is 10.0 Å². The van der Waals surface area contributed by atoms with Crippen LogP contribution in [0.2, 0.25) is 0 Å². The van der Waals surface area contributed by atoms with E-state index in [2.05, 4.69) is 5.32 Å². The van der Waals surface area contributed by atoms with Crippen molar-refractivity contribution in [3.63, 3.8) is 0 Å². The van der Waals surface area contributed by atoms with Crippen molar-refractivity contribution in [3.8, 4) is 0 Å². The number of nitrogens with zero attached hydrogens (tertiary/aromatic N) is 2. The number of piperazine rings is 1. The summed E-state index contributed by atoms with van der Waals surface area (Å²) in [7, 11) is -1.76. The minimum Gasteiger partial charge on any atom is -0.444 e. The Morgan fingerprint density at radius 1 is 1.33 bits per heavy atom. The van der Waals surface area contributed by atoms with E-state index in [4.69, 9.17) is 4.74 Å². The number of hydrogen-bond acceptors (Lipinski definition) is 5. The van der Waals surface area contributed by atoms with Gasteiger partial charge in [0.15, 0.2) is 0 Å². The maximum atomic E-state index is 13.4. The van der Waals surface area contributed by atoms with Crippen LogP contribution in [0.5, 0.6) is 0 Å². The number of sulfonamides is 1. The van der Waals surface area contributed by atoms with Crippen LogP contribution in [0, 0.1) is 5.82 Å². The molecule has 1 aliphatic rings. The molecule has 1 atom stereocenters. The van der Waals surface area contributed by atoms with Crippen LogP contribution in [-0.4, -0.2) is 68.6 Å². The first kappa shape index (κ1) is 21.6. The maximum Gasteiger partial charge on any atom is 0.407 e. The van der Waals surface area contributed by atoms with Gasteiger partial charge in [-0.3, -0.25) is 0 Å². The Kier molecular flexibility index (Phi) is 6.82. The number of alkyl carbamates (subject to hydrolysis) is 1. The third kappa shape index (κ3) is 6.75. The van der Waals surface area contributed by atoms with Crippen LogP contribution in [0.3, 0.4) is 0 Å². The predicted molar refractivity (Wildman–Crippen MR) is 101 cm³/mol. The van der Waals surface area contributed by atoms with Crippen molar-refractivity contribution in [1.29, 1.82) is 0 Å². The highest BCUT2D eigenvalue weighted by Crippen LogP contribution is 2.18. The zero-order valence-corrected chi connectivity index (χ0v) is 17.1. The largest absolute Gasteiger partial charge is 0.444 e. The Labute approximate surface area is 160 Å². The van der Waals surface area contributed by atoms with Crippen LogP contribution in [0.4, 0.5) is 9.18 Å². The number of rotatable bonds is 5. The summed E-state index contributed by atoms with van der Waals surface area (Å²) in [5, 5.41) is 2.65. The van der Waals surface area contributed by atoms with Crippen LogP contribution >= 0.6 is 0 Å². The van der Waals surface area contributed by atoms with E-state index in [0.717, 1.165) is 0 Å². The van der Waals surface area contributed by atoms with Gasteiger partial charge in [-0.2, -0.15) is 4.31 Å². The highest BCUT2D eigenvalue weighted by Gasteiger charge is 2.34. The number of amides is 1. The first-order chi connectivity index (χ1) is 12.5. The number of nitrogens with one attached hydrogen (secondary N) is 1. The van der Waals surface area contributed by atoms with Gasteiger partial charge in [-0.25, -0.2) is 17.6 Å². The lowest BCUT2D eigenvalue weighted by atomic mass is 10.2. The molecule has 9 heteroatoms. The van der Waals surface area contributed by atoms with Gasteiger partial charge in [0.05, 0.1) is 11.8 Å². The van der Waals surface area contributed by atoms with E-state index in [1.165, 1.54) is 22.5 Å². The maximum absolute atomic E-state index is 13.4. The Bertz CT molecular complexity index is 764. The smallest absolute Gasteiger partial charge is 0.407 e. The summed E-state index contributed by atoms with van der Waals surface area (Å²) in [6.07, 6.45) is -0.585. The quantitative estimate of drug-likeness (QED) is 0.814. The highest BCUT2D eigenvalue weighted by molar-refractivity contribution is 7.88. The van der Waals surface area contributed by atoms with E-state index in [1.54, 1.807) is 26.8 Å². The van der Waals surface area contributed by atoms with Crippen molar-refractivity contribution in [3.05, 3.63) is 35.6 Å². The Balaban J connectivity index is 2.08. The molecule has 0 bridgehead atoms. The number of halogens is 1. The zero-order valence-electron chi connectivity index (χ0n) is 16.2. The lowest BCUT2D eigenvalue weighted by Crippen LogP contribution is -2.58. The Morgan fingerprint density at radius 3 is 2.67 bits per heavy atom. The molecule has 1 amide bonds. The van der Waals surface area contributed by atoms with Gasteiger partial charge >= 0.3 is 6.09 Å². The summed E-state index contributed by atoms with van der Waals surface area (Å²) in [6.45, 7) is 6.81. The number of hydrogen-bond donors (Lipinski definition) is 1. The summed E-state index contributed by atoms with van der Waals surface area (Å²) in [5.41, 5.74) is -0.232. The third-order valence-electron chi connectivity index (χ3n) is 4.11. The summed E-state index contributed by atoms with van der Waals surface area (Å²) < 4.78 is 45.8. The standard InChI is InChI=1S/C18H28FN3O4S/c1-18(2,3)26-17(23)20-11-16-12-21(4)8-9-22(16)27(24,25)13-14-6-5-7-15(19)10-14/h5-7,10,16H,8-9,11-13H2,1-4H3,(H,20,23)/t16-/m1/s1. The predicted octanol–water partition coefficient (Wildman–Crippen LogP) is 1.80. The molecule has 1 N–H and O–H groups in total. The SMILES string of the molecule is CN1CCN(S(=O)(=O)Cc2cccc(F)c2)[C@H](CNC(=O)OC(C)(C)C)C1. The monoisotopic (exact) mass is 401 g/mol. The van der Waals surface area contributed by atoms with Crippen molar-refractivity contribution < 1.29 is 22.3 Å². The molecule has 1 aromatic rings. The molecule has 1 aromatic carbocycles. The summed E-state index contributed by atoms with van der Waals surface area (Å²) in [6, 6.07) is 5.16. The first-order valence-electron chi connectivity index (χ1n) is 8.86. The third-order valence-corrected chi connectivity index (χ3v) is 6.00. The van der Waals surface area contributed by atoms with Crippen molar-refractivity contribution in [2.24, 2.45) is 0 Å². The zero-order chi connectivity index (χ0) is 20.2. The normalized spacial score (nSPS) is 19.7.